The Hall–Kier alpha value is -3.60. The summed E-state index contributed by atoms with van der Waals surface area (Å²) in [5, 5.41) is 20.4. The van der Waals surface area contributed by atoms with Crippen LogP contribution >= 0.6 is 23.5 Å². The van der Waals surface area contributed by atoms with E-state index in [0.717, 1.165) is 25.7 Å². The van der Waals surface area contributed by atoms with Gasteiger partial charge in [0.2, 0.25) is 0 Å². The van der Waals surface area contributed by atoms with Gasteiger partial charge >= 0.3 is 12.2 Å². The number of nitrogen functional groups attached to an aromatic ring is 2. The van der Waals surface area contributed by atoms with Gasteiger partial charge in [-0.15, -0.1) is 0 Å². The molecule has 56 heavy (non-hydrogen) atoms. The Morgan fingerprint density at radius 3 is 1.39 bits per heavy atom. The monoisotopic (exact) mass is 818 g/mol. The summed E-state index contributed by atoms with van der Waals surface area (Å²) in [5.74, 6) is 0.642. The average Bonchev–Trinajstić information content (AvgIpc) is 3.11. The number of anilines is 2. The van der Waals surface area contributed by atoms with E-state index in [4.69, 9.17) is 30.9 Å². The van der Waals surface area contributed by atoms with Crippen LogP contribution in [0.5, 0.6) is 0 Å². The predicted molar refractivity (Wildman–Crippen MR) is 220 cm³/mol. The maximum absolute atomic E-state index is 14.9. The lowest BCUT2D eigenvalue weighted by Gasteiger charge is -2.48. The van der Waals surface area contributed by atoms with E-state index in [9.17, 15) is 28.6 Å². The van der Waals surface area contributed by atoms with Crippen LogP contribution in [0.1, 0.15) is 91.2 Å². The van der Waals surface area contributed by atoms with Gasteiger partial charge in [-0.05, 0) is 116 Å². The Morgan fingerprint density at radius 1 is 0.732 bits per heavy atom. The first-order valence-corrected chi connectivity index (χ1v) is 20.8. The van der Waals surface area contributed by atoms with Crippen molar-refractivity contribution in [2.75, 3.05) is 37.2 Å². The fourth-order valence-corrected chi connectivity index (χ4v) is 11.4. The zero-order valence-corrected chi connectivity index (χ0v) is 35.1. The lowest BCUT2D eigenvalue weighted by molar-refractivity contribution is 0.0223. The summed E-state index contributed by atoms with van der Waals surface area (Å²) in [5.41, 5.74) is 10.8. The third kappa shape index (κ3) is 8.77. The van der Waals surface area contributed by atoms with Gasteiger partial charge in [-0.1, -0.05) is 23.5 Å². The number of fused-ring (bicyclic) bond motifs is 2. The number of hydrogen-bond acceptors (Lipinski definition) is 10. The zero-order valence-electron chi connectivity index (χ0n) is 33.5. The van der Waals surface area contributed by atoms with Crippen molar-refractivity contribution >= 4 is 57.4 Å². The highest BCUT2D eigenvalue weighted by Crippen LogP contribution is 2.53. The molecule has 0 aromatic heterocycles. The van der Waals surface area contributed by atoms with Gasteiger partial charge in [0, 0.05) is 71.1 Å². The molecule has 6 atom stereocenters. The van der Waals surface area contributed by atoms with Crippen molar-refractivity contribution in [1.29, 1.82) is 0 Å². The number of amidine groups is 2. The van der Waals surface area contributed by atoms with Gasteiger partial charge in [-0.3, -0.25) is 19.8 Å². The summed E-state index contributed by atoms with van der Waals surface area (Å²) in [6.07, 6.45) is 2.17. The van der Waals surface area contributed by atoms with E-state index in [1.807, 2.05) is 41.5 Å². The number of ether oxygens (including phenoxy) is 2. The van der Waals surface area contributed by atoms with Gasteiger partial charge in [-0.2, -0.15) is 0 Å². The molecule has 16 heteroatoms. The number of aliphatic imine (C=N–C) groups is 2. The number of methoxy groups -OCH3 is 2. The first-order chi connectivity index (χ1) is 26.2. The van der Waals surface area contributed by atoms with E-state index in [-0.39, 0.29) is 35.7 Å². The summed E-state index contributed by atoms with van der Waals surface area (Å²) in [6, 6.07) is 9.10. The lowest BCUT2D eigenvalue weighted by Crippen LogP contribution is -2.53. The maximum Gasteiger partial charge on any atom is 0.413 e. The molecular formula is C40H56F2N6O6S2. The second-order valence-electron chi connectivity index (χ2n) is 17.0. The molecule has 2 aliphatic heterocycles. The Morgan fingerprint density at radius 2 is 1.09 bits per heavy atom. The van der Waals surface area contributed by atoms with Crippen LogP contribution in [0, 0.1) is 23.5 Å². The molecule has 2 aliphatic carbocycles. The van der Waals surface area contributed by atoms with Gasteiger partial charge in [0.1, 0.15) is 11.6 Å². The van der Waals surface area contributed by atoms with Crippen LogP contribution in [-0.2, 0) is 20.6 Å². The normalized spacial score (nSPS) is 27.7. The number of thioether (sulfide) groups is 2. The van der Waals surface area contributed by atoms with Crippen molar-refractivity contribution in [3.05, 3.63) is 59.2 Å². The van der Waals surface area contributed by atoms with Crippen LogP contribution < -0.4 is 11.5 Å². The number of halogens is 2. The molecule has 2 amide bonds. The van der Waals surface area contributed by atoms with Gasteiger partial charge in [0.25, 0.3) is 0 Å². The summed E-state index contributed by atoms with van der Waals surface area (Å²) in [7, 11) is 3.38. The van der Waals surface area contributed by atoms with E-state index in [1.165, 1.54) is 57.6 Å². The van der Waals surface area contributed by atoms with Gasteiger partial charge < -0.3 is 31.2 Å². The minimum Gasteiger partial charge on any atom is -0.465 e. The summed E-state index contributed by atoms with van der Waals surface area (Å²) in [6.45, 7) is 11.0. The summed E-state index contributed by atoms with van der Waals surface area (Å²) >= 11 is 2.83. The van der Waals surface area contributed by atoms with E-state index in [0.29, 0.717) is 57.2 Å². The molecule has 0 unspecified atom stereocenters. The second-order valence-corrected chi connectivity index (χ2v) is 18.9. The van der Waals surface area contributed by atoms with Crippen LogP contribution in [0.2, 0.25) is 0 Å². The smallest absolute Gasteiger partial charge is 0.413 e. The van der Waals surface area contributed by atoms with Crippen LogP contribution in [0.4, 0.5) is 29.7 Å². The highest BCUT2D eigenvalue weighted by atomic mass is 32.2. The average molecular weight is 819 g/mol. The minimum atomic E-state index is -1.06. The minimum absolute atomic E-state index is 0.0341. The first-order valence-electron chi connectivity index (χ1n) is 18.8. The fourth-order valence-electron chi connectivity index (χ4n) is 8.44. The Labute approximate surface area is 336 Å². The Balaban J connectivity index is 0.000000214. The quantitative estimate of drug-likeness (QED) is 0.219. The molecule has 0 saturated heterocycles. The number of benzene rings is 2. The highest BCUT2D eigenvalue weighted by Gasteiger charge is 2.52. The standard InChI is InChI=1S/2C20H28FN3O3S/c2*1-19(2,3)24(18(25)26)17-23-20(15-10-13(22)5-6-16(15)21)8-7-14(27-4)9-12(20)11-28-17/h2*5-6,10,12,14H,7-9,11,22H2,1-4H3,(H,25,26)/t2*12-,14-,20-/m00/s1. The number of hydrogen-bond donors (Lipinski definition) is 4. The fraction of sp³-hybridized carbons (Fsp3) is 0.600. The molecule has 0 radical (unpaired) electrons. The second kappa shape index (κ2) is 16.7. The van der Waals surface area contributed by atoms with Crippen molar-refractivity contribution in [2.45, 2.75) is 114 Å². The third-order valence-electron chi connectivity index (χ3n) is 11.2. The first kappa shape index (κ1) is 43.5. The number of carbonyl (C=O) groups is 2. The summed E-state index contributed by atoms with van der Waals surface area (Å²) in [4.78, 5) is 36.4. The van der Waals surface area contributed by atoms with Crippen molar-refractivity contribution in [1.82, 2.24) is 9.80 Å². The molecule has 6 N–H and O–H groups in total. The highest BCUT2D eigenvalue weighted by molar-refractivity contribution is 8.14. The van der Waals surface area contributed by atoms with Crippen molar-refractivity contribution in [3.63, 3.8) is 0 Å². The van der Waals surface area contributed by atoms with Crippen molar-refractivity contribution in [2.24, 2.45) is 21.8 Å². The third-order valence-corrected chi connectivity index (χ3v) is 13.4. The lowest BCUT2D eigenvalue weighted by atomic mass is 9.68. The number of rotatable bonds is 4. The molecule has 2 aromatic carbocycles. The van der Waals surface area contributed by atoms with Crippen LogP contribution in [0.15, 0.2) is 46.4 Å². The number of nitrogens with zero attached hydrogens (tertiary/aromatic N) is 4. The van der Waals surface area contributed by atoms with Crippen LogP contribution in [-0.4, -0.2) is 91.5 Å². The molecule has 12 nitrogen and oxygen atoms in total. The van der Waals surface area contributed by atoms with Crippen LogP contribution in [0.25, 0.3) is 0 Å². The summed E-state index contributed by atoms with van der Waals surface area (Å²) < 4.78 is 41.0. The van der Waals surface area contributed by atoms with Gasteiger partial charge in [-0.25, -0.2) is 18.4 Å². The molecule has 0 spiro atoms. The molecule has 6 rings (SSSR count). The van der Waals surface area contributed by atoms with E-state index in [1.54, 1.807) is 26.4 Å². The number of carboxylic acid groups (broad SMARTS) is 2. The van der Waals surface area contributed by atoms with E-state index >= 15 is 0 Å². The predicted octanol–water partition coefficient (Wildman–Crippen LogP) is 8.60. The molecule has 308 valence electrons. The van der Waals surface area contributed by atoms with Gasteiger partial charge in [0.15, 0.2) is 10.3 Å². The van der Waals surface area contributed by atoms with Crippen molar-refractivity contribution < 1.29 is 38.1 Å². The van der Waals surface area contributed by atoms with Crippen molar-refractivity contribution in [3.8, 4) is 0 Å². The Kier molecular flexibility index (Phi) is 13.0. The van der Waals surface area contributed by atoms with Gasteiger partial charge in [0.05, 0.1) is 23.3 Å². The largest absolute Gasteiger partial charge is 0.465 e. The molecule has 2 aromatic rings. The molecule has 4 aliphatic rings. The van der Waals surface area contributed by atoms with E-state index < -0.39 is 34.3 Å². The SMILES string of the molecule is CO[C@H]1CC[C@]2(c3cc(N)ccc3F)N=C(N(C(=O)O)C(C)(C)C)SC[C@@H]2C1.CO[C@H]1CC[C@]2(c3cc(N)ccc3F)N=C(N(C(=O)O)C(C)(C)C)SC[C@@H]2C1. The molecule has 0 bridgehead atoms. The maximum atomic E-state index is 14.9. The zero-order chi connectivity index (χ0) is 41.4. The number of nitrogens with two attached hydrogens (primary N) is 2. The molecular weight excluding hydrogens is 763 g/mol. The molecule has 2 heterocycles. The molecule has 2 fully saturated rings. The van der Waals surface area contributed by atoms with E-state index in [2.05, 4.69) is 0 Å². The molecule has 2 saturated carbocycles. The van der Waals surface area contributed by atoms with Crippen LogP contribution in [0.3, 0.4) is 0 Å². The number of amides is 2. The Bertz CT molecular complexity index is 1720. The topological polar surface area (TPSA) is 176 Å².